The highest BCUT2D eigenvalue weighted by atomic mass is 15.1. The van der Waals surface area contributed by atoms with Gasteiger partial charge >= 0.3 is 0 Å². The Morgan fingerprint density at radius 1 is 1.17 bits per heavy atom. The highest BCUT2D eigenvalue weighted by molar-refractivity contribution is 5.51. The lowest BCUT2D eigenvalue weighted by molar-refractivity contribution is 0.324. The lowest BCUT2D eigenvalue weighted by Gasteiger charge is -2.16. The number of nitrogens with zero attached hydrogens (tertiary/aromatic N) is 1. The zero-order chi connectivity index (χ0) is 12.8. The van der Waals surface area contributed by atoms with E-state index in [0.717, 1.165) is 26.2 Å². The molecule has 0 radical (unpaired) electrons. The van der Waals surface area contributed by atoms with Crippen LogP contribution >= 0.6 is 0 Å². The van der Waals surface area contributed by atoms with Crippen molar-refractivity contribution in [3.8, 4) is 0 Å². The first-order valence-corrected chi connectivity index (χ1v) is 6.92. The maximum atomic E-state index is 3.43. The summed E-state index contributed by atoms with van der Waals surface area (Å²) in [5, 5.41) is 3.43. The molecule has 0 unspecified atom stereocenters. The number of hydrogen-bond acceptors (Lipinski definition) is 2. The van der Waals surface area contributed by atoms with Crippen molar-refractivity contribution in [3.63, 3.8) is 0 Å². The fraction of sp³-hybridized carbons (Fsp3) is 0.500. The second kappa shape index (κ2) is 6.72. The second-order valence-electron chi connectivity index (χ2n) is 5.15. The molecular weight excluding hydrogens is 220 g/mol. The molecule has 0 atom stereocenters. The van der Waals surface area contributed by atoms with E-state index in [0.29, 0.717) is 0 Å². The molecule has 1 heterocycles. The molecule has 1 aromatic carbocycles. The van der Waals surface area contributed by atoms with Crippen molar-refractivity contribution in [2.45, 2.75) is 20.3 Å². The van der Waals surface area contributed by atoms with E-state index >= 15 is 0 Å². The molecule has 0 saturated carbocycles. The maximum absolute atomic E-state index is 3.43. The van der Waals surface area contributed by atoms with E-state index in [1.807, 2.05) is 0 Å². The predicted molar refractivity (Wildman–Crippen MR) is 78.9 cm³/mol. The summed E-state index contributed by atoms with van der Waals surface area (Å²) in [6.45, 7) is 10.1. The molecule has 0 spiro atoms. The Balaban J connectivity index is 1.88. The molecule has 1 aliphatic rings. The summed E-state index contributed by atoms with van der Waals surface area (Å²) < 4.78 is 0. The summed E-state index contributed by atoms with van der Waals surface area (Å²) in [6, 6.07) is 6.66. The van der Waals surface area contributed by atoms with Crippen LogP contribution in [0.5, 0.6) is 0 Å². The summed E-state index contributed by atoms with van der Waals surface area (Å²) >= 11 is 0. The fourth-order valence-electron chi connectivity index (χ4n) is 2.29. The monoisotopic (exact) mass is 244 g/mol. The molecule has 0 aliphatic carbocycles. The van der Waals surface area contributed by atoms with Gasteiger partial charge in [0.05, 0.1) is 0 Å². The van der Waals surface area contributed by atoms with Gasteiger partial charge in [-0.25, -0.2) is 0 Å². The molecular formula is C16H24N2. The zero-order valence-electron chi connectivity index (χ0n) is 11.6. The average molecular weight is 244 g/mol. The Morgan fingerprint density at radius 2 is 2.06 bits per heavy atom. The van der Waals surface area contributed by atoms with Crippen LogP contribution in [0.3, 0.4) is 0 Å². The zero-order valence-corrected chi connectivity index (χ0v) is 11.6. The van der Waals surface area contributed by atoms with Gasteiger partial charge < -0.3 is 5.32 Å². The third-order valence-electron chi connectivity index (χ3n) is 3.64. The Morgan fingerprint density at radius 3 is 2.89 bits per heavy atom. The molecule has 98 valence electrons. The van der Waals surface area contributed by atoms with Gasteiger partial charge in [-0.1, -0.05) is 30.4 Å². The van der Waals surface area contributed by atoms with Crippen molar-refractivity contribution in [2.75, 3.05) is 32.7 Å². The molecule has 1 N–H and O–H groups in total. The third-order valence-corrected chi connectivity index (χ3v) is 3.64. The number of aryl methyl sites for hydroxylation is 2. The molecule has 18 heavy (non-hydrogen) atoms. The predicted octanol–water partition coefficient (Wildman–Crippen LogP) is 2.61. The van der Waals surface area contributed by atoms with Crippen molar-refractivity contribution in [1.82, 2.24) is 10.2 Å². The number of rotatable bonds is 3. The maximum Gasteiger partial charge on any atom is 0.0167 e. The van der Waals surface area contributed by atoms with Gasteiger partial charge in [-0.2, -0.15) is 0 Å². The average Bonchev–Trinajstić information content (AvgIpc) is 2.62. The van der Waals surface area contributed by atoms with Crippen molar-refractivity contribution in [3.05, 3.63) is 41.0 Å². The summed E-state index contributed by atoms with van der Waals surface area (Å²) in [5.41, 5.74) is 4.05. The summed E-state index contributed by atoms with van der Waals surface area (Å²) in [7, 11) is 0. The van der Waals surface area contributed by atoms with Crippen molar-refractivity contribution < 1.29 is 0 Å². The second-order valence-corrected chi connectivity index (χ2v) is 5.15. The van der Waals surface area contributed by atoms with Gasteiger partial charge in [-0.15, -0.1) is 0 Å². The van der Waals surface area contributed by atoms with Crippen LogP contribution in [0.1, 0.15) is 23.1 Å². The smallest absolute Gasteiger partial charge is 0.0167 e. The SMILES string of the molecule is Cc1ccc(/C=C/CN2CCCNCC2)cc1C. The van der Waals surface area contributed by atoms with Gasteiger partial charge in [-0.3, -0.25) is 4.90 Å². The van der Waals surface area contributed by atoms with E-state index in [2.05, 4.69) is 54.4 Å². The van der Waals surface area contributed by atoms with Crippen LogP contribution < -0.4 is 5.32 Å². The quantitative estimate of drug-likeness (QED) is 0.879. The van der Waals surface area contributed by atoms with Crippen molar-refractivity contribution >= 4 is 6.08 Å². The van der Waals surface area contributed by atoms with E-state index in [-0.39, 0.29) is 0 Å². The largest absolute Gasteiger partial charge is 0.315 e. The Labute approximate surface area is 111 Å². The molecule has 2 nitrogen and oxygen atoms in total. The van der Waals surface area contributed by atoms with Gasteiger partial charge in [0.1, 0.15) is 0 Å². The molecule has 0 bridgehead atoms. The first-order chi connectivity index (χ1) is 8.75. The Kier molecular flexibility index (Phi) is 4.97. The number of nitrogens with one attached hydrogen (secondary N) is 1. The van der Waals surface area contributed by atoms with E-state index in [1.54, 1.807) is 0 Å². The molecule has 0 amide bonds. The van der Waals surface area contributed by atoms with E-state index in [4.69, 9.17) is 0 Å². The summed E-state index contributed by atoms with van der Waals surface area (Å²) in [6.07, 6.45) is 5.79. The molecule has 2 rings (SSSR count). The minimum atomic E-state index is 1.06. The number of benzene rings is 1. The minimum Gasteiger partial charge on any atom is -0.315 e. The number of hydrogen-bond donors (Lipinski definition) is 1. The van der Waals surface area contributed by atoms with Crippen LogP contribution in [0.25, 0.3) is 6.08 Å². The molecule has 1 aromatic rings. The van der Waals surface area contributed by atoms with Crippen LogP contribution in [0.4, 0.5) is 0 Å². The van der Waals surface area contributed by atoms with Crippen LogP contribution in [0.2, 0.25) is 0 Å². The highest BCUT2D eigenvalue weighted by Crippen LogP contribution is 2.11. The van der Waals surface area contributed by atoms with Gasteiger partial charge in [0.2, 0.25) is 0 Å². The van der Waals surface area contributed by atoms with E-state index < -0.39 is 0 Å². The lowest BCUT2D eigenvalue weighted by atomic mass is 10.1. The third kappa shape index (κ3) is 3.97. The van der Waals surface area contributed by atoms with Gasteiger partial charge in [0.25, 0.3) is 0 Å². The lowest BCUT2D eigenvalue weighted by Crippen LogP contribution is -2.28. The first kappa shape index (κ1) is 13.3. The van der Waals surface area contributed by atoms with Crippen LogP contribution in [-0.4, -0.2) is 37.6 Å². The van der Waals surface area contributed by atoms with Crippen LogP contribution in [0, 0.1) is 13.8 Å². The van der Waals surface area contributed by atoms with Gasteiger partial charge in [-0.05, 0) is 50.0 Å². The van der Waals surface area contributed by atoms with Crippen molar-refractivity contribution in [2.24, 2.45) is 0 Å². The normalized spacial score (nSPS) is 18.1. The van der Waals surface area contributed by atoms with Gasteiger partial charge in [0, 0.05) is 19.6 Å². The first-order valence-electron chi connectivity index (χ1n) is 6.92. The van der Waals surface area contributed by atoms with Crippen LogP contribution in [0.15, 0.2) is 24.3 Å². The molecule has 1 saturated heterocycles. The highest BCUT2D eigenvalue weighted by Gasteiger charge is 2.05. The van der Waals surface area contributed by atoms with E-state index in [9.17, 15) is 0 Å². The molecule has 0 aromatic heterocycles. The van der Waals surface area contributed by atoms with E-state index in [1.165, 1.54) is 29.7 Å². The Hall–Kier alpha value is -1.12. The summed E-state index contributed by atoms with van der Waals surface area (Å²) in [4.78, 5) is 2.51. The molecule has 1 fully saturated rings. The van der Waals surface area contributed by atoms with Gasteiger partial charge in [0.15, 0.2) is 0 Å². The van der Waals surface area contributed by atoms with Crippen LogP contribution in [-0.2, 0) is 0 Å². The Bertz CT molecular complexity index is 402. The summed E-state index contributed by atoms with van der Waals surface area (Å²) in [5.74, 6) is 0. The topological polar surface area (TPSA) is 15.3 Å². The molecule has 2 heteroatoms. The standard InChI is InChI=1S/C16H24N2/c1-14-6-7-16(13-15(14)2)5-3-10-18-11-4-8-17-9-12-18/h3,5-7,13,17H,4,8-12H2,1-2H3/b5-3+. The minimum absolute atomic E-state index is 1.06. The fourth-order valence-corrected chi connectivity index (χ4v) is 2.29. The van der Waals surface area contributed by atoms with Crippen molar-refractivity contribution in [1.29, 1.82) is 0 Å². The molecule has 1 aliphatic heterocycles.